The van der Waals surface area contributed by atoms with Crippen molar-refractivity contribution in [2.24, 2.45) is 5.41 Å². The molecule has 0 aromatic heterocycles. The van der Waals surface area contributed by atoms with E-state index >= 15 is 0 Å². The number of nitrogens with one attached hydrogen (secondary N) is 1. The summed E-state index contributed by atoms with van der Waals surface area (Å²) in [7, 11) is -3.82. The highest BCUT2D eigenvalue weighted by Gasteiger charge is 2.36. The number of halogens is 1. The zero-order valence-electron chi connectivity index (χ0n) is 16.1. The molecule has 0 radical (unpaired) electrons. The molecule has 0 atom stereocenters. The first-order valence-electron chi connectivity index (χ1n) is 9.40. The zero-order valence-corrected chi connectivity index (χ0v) is 16.9. The Kier molecular flexibility index (Phi) is 6.14. The van der Waals surface area contributed by atoms with E-state index in [9.17, 15) is 22.9 Å². The van der Waals surface area contributed by atoms with Crippen LogP contribution in [0.1, 0.15) is 43.7 Å². The van der Waals surface area contributed by atoms with Gasteiger partial charge in [0.15, 0.2) is 0 Å². The molecule has 29 heavy (non-hydrogen) atoms. The van der Waals surface area contributed by atoms with Gasteiger partial charge in [-0.05, 0) is 67.0 Å². The fraction of sp³-hybridized carbons (Fsp3) is 0.333. The molecule has 1 saturated carbocycles. The van der Waals surface area contributed by atoms with Crippen molar-refractivity contribution in [2.75, 3.05) is 6.54 Å². The lowest BCUT2D eigenvalue weighted by atomic mass is 10.0. The van der Waals surface area contributed by atoms with Gasteiger partial charge in [-0.15, -0.1) is 0 Å². The van der Waals surface area contributed by atoms with E-state index < -0.39 is 14.9 Å². The van der Waals surface area contributed by atoms with Gasteiger partial charge in [-0.25, -0.2) is 17.5 Å². The monoisotopic (exact) mass is 418 g/mol. The van der Waals surface area contributed by atoms with Gasteiger partial charge < -0.3 is 0 Å². The van der Waals surface area contributed by atoms with E-state index in [1.807, 2.05) is 0 Å². The smallest absolute Gasteiger partial charge is 0.258 e. The summed E-state index contributed by atoms with van der Waals surface area (Å²) in [6, 6.07) is 9.48. The van der Waals surface area contributed by atoms with Gasteiger partial charge in [0.05, 0.1) is 15.4 Å². The maximum atomic E-state index is 13.0. The lowest BCUT2D eigenvalue weighted by molar-refractivity contribution is -0.385. The number of nitrogens with zero attached hydrogens (tertiary/aromatic N) is 1. The van der Waals surface area contributed by atoms with Gasteiger partial charge >= 0.3 is 0 Å². The quantitative estimate of drug-likeness (QED) is 0.275. The van der Waals surface area contributed by atoms with Crippen molar-refractivity contribution in [3.63, 3.8) is 0 Å². The van der Waals surface area contributed by atoms with Gasteiger partial charge in [0.25, 0.3) is 5.69 Å². The minimum absolute atomic E-state index is 0.138. The van der Waals surface area contributed by atoms with E-state index in [2.05, 4.69) is 11.6 Å². The van der Waals surface area contributed by atoms with Crippen LogP contribution in [0.3, 0.4) is 0 Å². The molecule has 154 valence electrons. The maximum Gasteiger partial charge on any atom is 0.277 e. The SMILES string of the molecule is CC1(CCCNS(=O)(=O)c2ccc(/C=C/c3ccc(F)cc3)c([N+](=O)[O-])c2)CC1. The minimum atomic E-state index is -3.82. The average Bonchev–Trinajstić information content (AvgIpc) is 3.42. The van der Waals surface area contributed by atoms with E-state index in [4.69, 9.17) is 0 Å². The van der Waals surface area contributed by atoms with Crippen LogP contribution in [-0.2, 0) is 10.0 Å². The van der Waals surface area contributed by atoms with Crippen LogP contribution in [0.5, 0.6) is 0 Å². The van der Waals surface area contributed by atoms with Crippen molar-refractivity contribution in [3.8, 4) is 0 Å². The summed E-state index contributed by atoms with van der Waals surface area (Å²) in [5.74, 6) is -0.374. The molecule has 8 heteroatoms. The van der Waals surface area contributed by atoms with Crippen molar-refractivity contribution in [2.45, 2.75) is 37.5 Å². The Balaban J connectivity index is 1.74. The molecular weight excluding hydrogens is 395 g/mol. The average molecular weight is 418 g/mol. The molecule has 0 amide bonds. The summed E-state index contributed by atoms with van der Waals surface area (Å²) in [6.07, 6.45) is 7.16. The van der Waals surface area contributed by atoms with Crippen molar-refractivity contribution in [3.05, 3.63) is 69.5 Å². The Morgan fingerprint density at radius 1 is 1.17 bits per heavy atom. The number of rotatable bonds is 9. The highest BCUT2D eigenvalue weighted by Crippen LogP contribution is 2.48. The van der Waals surface area contributed by atoms with E-state index in [1.54, 1.807) is 18.2 Å². The van der Waals surface area contributed by atoms with Crippen molar-refractivity contribution in [1.29, 1.82) is 0 Å². The van der Waals surface area contributed by atoms with Gasteiger partial charge in [0.1, 0.15) is 5.82 Å². The van der Waals surface area contributed by atoms with E-state index in [1.165, 1.54) is 43.2 Å². The molecular formula is C21H23FN2O4S. The molecule has 0 aliphatic heterocycles. The van der Waals surface area contributed by atoms with E-state index in [-0.39, 0.29) is 22.0 Å². The van der Waals surface area contributed by atoms with E-state index in [0.29, 0.717) is 17.5 Å². The number of hydrogen-bond acceptors (Lipinski definition) is 4. The van der Waals surface area contributed by atoms with Crippen molar-refractivity contribution >= 4 is 27.9 Å². The van der Waals surface area contributed by atoms with Gasteiger partial charge in [-0.1, -0.05) is 25.1 Å². The maximum absolute atomic E-state index is 13.0. The van der Waals surface area contributed by atoms with Crippen LogP contribution in [0.4, 0.5) is 10.1 Å². The van der Waals surface area contributed by atoms with Gasteiger partial charge in [-0.3, -0.25) is 10.1 Å². The molecule has 2 aromatic carbocycles. The predicted molar refractivity (Wildman–Crippen MR) is 110 cm³/mol. The number of nitro groups is 1. The van der Waals surface area contributed by atoms with Crippen LogP contribution in [0.25, 0.3) is 12.2 Å². The first-order valence-corrected chi connectivity index (χ1v) is 10.9. The first kappa shape index (κ1) is 21.1. The van der Waals surface area contributed by atoms with Crippen LogP contribution in [0.2, 0.25) is 0 Å². The summed E-state index contributed by atoms with van der Waals surface area (Å²) in [4.78, 5) is 10.7. The third-order valence-electron chi connectivity index (χ3n) is 5.19. The van der Waals surface area contributed by atoms with Crippen molar-refractivity contribution in [1.82, 2.24) is 4.72 Å². The predicted octanol–water partition coefficient (Wildman–Crippen LogP) is 4.76. The molecule has 1 aliphatic carbocycles. The second-order valence-corrected chi connectivity index (χ2v) is 9.44. The second-order valence-electron chi connectivity index (χ2n) is 7.67. The molecule has 1 aliphatic rings. The van der Waals surface area contributed by atoms with Crippen LogP contribution >= 0.6 is 0 Å². The fourth-order valence-corrected chi connectivity index (χ4v) is 4.11. The Labute approximate surface area is 169 Å². The van der Waals surface area contributed by atoms with Crippen LogP contribution in [-0.4, -0.2) is 19.9 Å². The van der Waals surface area contributed by atoms with Crippen molar-refractivity contribution < 1.29 is 17.7 Å². The molecule has 0 spiro atoms. The summed E-state index contributed by atoms with van der Waals surface area (Å²) in [5, 5.41) is 11.4. The van der Waals surface area contributed by atoms with Crippen LogP contribution in [0, 0.1) is 21.3 Å². The van der Waals surface area contributed by atoms with Gasteiger partial charge in [-0.2, -0.15) is 0 Å². The molecule has 0 heterocycles. The lowest BCUT2D eigenvalue weighted by Gasteiger charge is -2.10. The van der Waals surface area contributed by atoms with Crippen LogP contribution in [0.15, 0.2) is 47.4 Å². The second kappa shape index (κ2) is 8.42. The molecule has 0 unspecified atom stereocenters. The molecule has 1 fully saturated rings. The van der Waals surface area contributed by atoms with Crippen LogP contribution < -0.4 is 4.72 Å². The Hall–Kier alpha value is -2.58. The Morgan fingerprint density at radius 3 is 2.48 bits per heavy atom. The van der Waals surface area contributed by atoms with Gasteiger partial charge in [0, 0.05) is 12.6 Å². The number of benzene rings is 2. The third-order valence-corrected chi connectivity index (χ3v) is 6.65. The van der Waals surface area contributed by atoms with E-state index in [0.717, 1.165) is 18.9 Å². The fourth-order valence-electron chi connectivity index (χ4n) is 3.02. The molecule has 3 rings (SSSR count). The highest BCUT2D eigenvalue weighted by molar-refractivity contribution is 7.89. The minimum Gasteiger partial charge on any atom is -0.258 e. The largest absolute Gasteiger partial charge is 0.277 e. The molecule has 2 aromatic rings. The third kappa shape index (κ3) is 5.71. The number of nitro benzene ring substituents is 1. The normalized spacial score (nSPS) is 15.5. The molecule has 0 saturated heterocycles. The lowest BCUT2D eigenvalue weighted by Crippen LogP contribution is -2.25. The topological polar surface area (TPSA) is 89.3 Å². The zero-order chi connectivity index (χ0) is 21.1. The standard InChI is InChI=1S/C21H23FN2O4S/c1-21(12-13-21)11-2-14-23-29(27,28)19-10-7-17(20(15-19)24(25)26)6-3-16-4-8-18(22)9-5-16/h3-10,15,23H,2,11-14H2,1H3/b6-3+. The Morgan fingerprint density at radius 2 is 1.86 bits per heavy atom. The summed E-state index contributed by atoms with van der Waals surface area (Å²) in [6.45, 7) is 2.49. The summed E-state index contributed by atoms with van der Waals surface area (Å²) < 4.78 is 40.5. The summed E-state index contributed by atoms with van der Waals surface area (Å²) >= 11 is 0. The number of hydrogen-bond donors (Lipinski definition) is 1. The summed E-state index contributed by atoms with van der Waals surface area (Å²) in [5.41, 5.74) is 0.975. The molecule has 1 N–H and O–H groups in total. The highest BCUT2D eigenvalue weighted by atomic mass is 32.2. The molecule has 0 bridgehead atoms. The Bertz CT molecular complexity index is 1030. The first-order chi connectivity index (χ1) is 13.7. The molecule has 6 nitrogen and oxygen atoms in total. The van der Waals surface area contributed by atoms with Gasteiger partial charge in [0.2, 0.25) is 10.0 Å². The number of sulfonamides is 1.